The van der Waals surface area contributed by atoms with Crippen molar-refractivity contribution in [1.82, 2.24) is 20.4 Å². The number of ether oxygens (including phenoxy) is 1. The molecular formula is C25H30N4O3. The molecule has 1 unspecified atom stereocenters. The van der Waals surface area contributed by atoms with E-state index in [1.807, 2.05) is 48.5 Å². The van der Waals surface area contributed by atoms with Crippen LogP contribution in [0.3, 0.4) is 0 Å². The standard InChI is InChI=1S/C25H30N4O3/c1-19-9-7-15-29(17-19)16-8-14-26-23(30)18-31-22-13-6-5-12-21(22)25-28-27-24(32-25)20-10-3-2-4-11-20/h2-6,10-13,19H,7-9,14-18H2,1H3,(H,26,30). The first-order chi connectivity index (χ1) is 15.7. The number of nitrogens with zero attached hydrogens (tertiary/aromatic N) is 3. The van der Waals surface area contributed by atoms with Gasteiger partial charge in [0.2, 0.25) is 5.89 Å². The van der Waals surface area contributed by atoms with Crippen LogP contribution in [-0.2, 0) is 4.79 Å². The molecule has 0 saturated carbocycles. The fraction of sp³-hybridized carbons (Fsp3) is 0.400. The van der Waals surface area contributed by atoms with E-state index >= 15 is 0 Å². The maximum Gasteiger partial charge on any atom is 0.257 e. The molecule has 0 radical (unpaired) electrons. The predicted molar refractivity (Wildman–Crippen MR) is 123 cm³/mol. The number of para-hydroxylation sites is 1. The highest BCUT2D eigenvalue weighted by Gasteiger charge is 2.17. The second-order valence-corrected chi connectivity index (χ2v) is 8.31. The summed E-state index contributed by atoms with van der Waals surface area (Å²) in [4.78, 5) is 14.7. The molecule has 2 heterocycles. The van der Waals surface area contributed by atoms with Crippen molar-refractivity contribution >= 4 is 5.91 Å². The number of piperidine rings is 1. The Labute approximate surface area is 188 Å². The van der Waals surface area contributed by atoms with Crippen LogP contribution in [0, 0.1) is 5.92 Å². The van der Waals surface area contributed by atoms with Gasteiger partial charge in [-0.1, -0.05) is 37.3 Å². The van der Waals surface area contributed by atoms with E-state index in [-0.39, 0.29) is 12.5 Å². The molecule has 1 N–H and O–H groups in total. The Morgan fingerprint density at radius 2 is 1.91 bits per heavy atom. The lowest BCUT2D eigenvalue weighted by molar-refractivity contribution is -0.123. The first-order valence-electron chi connectivity index (χ1n) is 11.3. The van der Waals surface area contributed by atoms with Gasteiger partial charge in [0.15, 0.2) is 6.61 Å². The van der Waals surface area contributed by atoms with Crippen LogP contribution in [0.1, 0.15) is 26.2 Å². The van der Waals surface area contributed by atoms with Gasteiger partial charge in [0.1, 0.15) is 5.75 Å². The monoisotopic (exact) mass is 434 g/mol. The van der Waals surface area contributed by atoms with Gasteiger partial charge in [0.25, 0.3) is 11.8 Å². The minimum absolute atomic E-state index is 0.0581. The average molecular weight is 435 g/mol. The summed E-state index contributed by atoms with van der Waals surface area (Å²) >= 11 is 0. The highest BCUT2D eigenvalue weighted by atomic mass is 16.5. The quantitative estimate of drug-likeness (QED) is 0.513. The number of hydrogen-bond acceptors (Lipinski definition) is 6. The maximum absolute atomic E-state index is 12.3. The zero-order valence-corrected chi connectivity index (χ0v) is 18.5. The molecule has 0 spiro atoms. The van der Waals surface area contributed by atoms with Crippen LogP contribution in [0.5, 0.6) is 5.75 Å². The lowest BCUT2D eigenvalue weighted by Crippen LogP contribution is -2.37. The van der Waals surface area contributed by atoms with Gasteiger partial charge < -0.3 is 19.4 Å². The molecule has 2 aromatic carbocycles. The fourth-order valence-corrected chi connectivity index (χ4v) is 4.01. The molecule has 4 rings (SSSR count). The van der Waals surface area contributed by atoms with Crippen LogP contribution in [0.4, 0.5) is 0 Å². The molecule has 1 amide bonds. The Morgan fingerprint density at radius 3 is 2.75 bits per heavy atom. The van der Waals surface area contributed by atoms with E-state index in [1.54, 1.807) is 6.07 Å². The zero-order valence-electron chi connectivity index (χ0n) is 18.5. The molecule has 0 aliphatic carbocycles. The molecule has 32 heavy (non-hydrogen) atoms. The molecule has 1 fully saturated rings. The van der Waals surface area contributed by atoms with E-state index in [1.165, 1.54) is 19.4 Å². The number of likely N-dealkylation sites (tertiary alicyclic amines) is 1. The predicted octanol–water partition coefficient (Wildman–Crippen LogP) is 4.02. The van der Waals surface area contributed by atoms with E-state index in [2.05, 4.69) is 27.3 Å². The molecule has 168 valence electrons. The van der Waals surface area contributed by atoms with E-state index in [4.69, 9.17) is 9.15 Å². The second kappa shape index (κ2) is 10.9. The van der Waals surface area contributed by atoms with Crippen LogP contribution in [0.2, 0.25) is 0 Å². The Hall–Kier alpha value is -3.19. The summed E-state index contributed by atoms with van der Waals surface area (Å²) < 4.78 is 11.6. The lowest BCUT2D eigenvalue weighted by Gasteiger charge is -2.30. The Kier molecular flexibility index (Phi) is 7.51. The highest BCUT2D eigenvalue weighted by Crippen LogP contribution is 2.30. The SMILES string of the molecule is CC1CCCN(CCCNC(=O)COc2ccccc2-c2nnc(-c3ccccc3)o2)C1. The Balaban J connectivity index is 1.27. The maximum atomic E-state index is 12.3. The van der Waals surface area contributed by atoms with E-state index < -0.39 is 0 Å². The van der Waals surface area contributed by atoms with Gasteiger partial charge in [-0.05, 0) is 62.5 Å². The van der Waals surface area contributed by atoms with Crippen molar-refractivity contribution in [1.29, 1.82) is 0 Å². The average Bonchev–Trinajstić information content (AvgIpc) is 3.32. The summed E-state index contributed by atoms with van der Waals surface area (Å²) in [6.45, 7) is 6.25. The van der Waals surface area contributed by atoms with Crippen LogP contribution >= 0.6 is 0 Å². The van der Waals surface area contributed by atoms with E-state index in [0.29, 0.717) is 29.6 Å². The lowest BCUT2D eigenvalue weighted by atomic mass is 10.0. The van der Waals surface area contributed by atoms with Crippen molar-refractivity contribution in [3.8, 4) is 28.7 Å². The Morgan fingerprint density at radius 1 is 1.12 bits per heavy atom. The molecule has 1 saturated heterocycles. The summed E-state index contributed by atoms with van der Waals surface area (Å²) in [5, 5.41) is 11.2. The van der Waals surface area contributed by atoms with Gasteiger partial charge in [0, 0.05) is 18.7 Å². The minimum Gasteiger partial charge on any atom is -0.483 e. The second-order valence-electron chi connectivity index (χ2n) is 8.31. The van der Waals surface area contributed by atoms with Gasteiger partial charge in [0.05, 0.1) is 5.56 Å². The van der Waals surface area contributed by atoms with Crippen LogP contribution in [0.25, 0.3) is 22.9 Å². The molecular weight excluding hydrogens is 404 g/mol. The number of rotatable bonds is 9. The summed E-state index contributed by atoms with van der Waals surface area (Å²) in [6, 6.07) is 17.0. The van der Waals surface area contributed by atoms with Crippen LogP contribution < -0.4 is 10.1 Å². The van der Waals surface area contributed by atoms with Gasteiger partial charge in [-0.15, -0.1) is 10.2 Å². The normalized spacial score (nSPS) is 16.6. The number of benzene rings is 2. The number of carbonyl (C=O) groups is 1. The molecule has 7 nitrogen and oxygen atoms in total. The topological polar surface area (TPSA) is 80.5 Å². The van der Waals surface area contributed by atoms with Gasteiger partial charge in [-0.2, -0.15) is 0 Å². The van der Waals surface area contributed by atoms with Crippen molar-refractivity contribution in [3.63, 3.8) is 0 Å². The molecule has 3 aromatic rings. The van der Waals surface area contributed by atoms with E-state index in [0.717, 1.165) is 31.0 Å². The number of aromatic nitrogens is 2. The molecule has 1 aliphatic rings. The minimum atomic E-state index is -0.137. The molecule has 1 atom stereocenters. The Bertz CT molecular complexity index is 1010. The van der Waals surface area contributed by atoms with Crippen molar-refractivity contribution in [2.45, 2.75) is 26.2 Å². The third-order valence-electron chi connectivity index (χ3n) is 5.64. The molecule has 1 aromatic heterocycles. The molecule has 1 aliphatic heterocycles. The third kappa shape index (κ3) is 5.95. The largest absolute Gasteiger partial charge is 0.483 e. The number of amides is 1. The third-order valence-corrected chi connectivity index (χ3v) is 5.64. The van der Waals surface area contributed by atoms with Crippen molar-refractivity contribution < 1.29 is 13.9 Å². The van der Waals surface area contributed by atoms with Gasteiger partial charge >= 0.3 is 0 Å². The van der Waals surface area contributed by atoms with Crippen LogP contribution in [-0.4, -0.2) is 53.8 Å². The van der Waals surface area contributed by atoms with Gasteiger partial charge in [-0.25, -0.2) is 0 Å². The first-order valence-corrected chi connectivity index (χ1v) is 11.3. The number of nitrogens with one attached hydrogen (secondary N) is 1. The first kappa shape index (κ1) is 22.0. The molecule has 0 bridgehead atoms. The van der Waals surface area contributed by atoms with Crippen molar-refractivity contribution in [2.75, 3.05) is 32.8 Å². The van der Waals surface area contributed by atoms with Crippen LogP contribution in [0.15, 0.2) is 59.0 Å². The highest BCUT2D eigenvalue weighted by molar-refractivity contribution is 5.77. The number of carbonyl (C=O) groups excluding carboxylic acids is 1. The smallest absolute Gasteiger partial charge is 0.257 e. The summed E-state index contributed by atoms with van der Waals surface area (Å²) in [7, 11) is 0. The fourth-order valence-electron chi connectivity index (χ4n) is 4.01. The van der Waals surface area contributed by atoms with Crippen molar-refractivity contribution in [3.05, 3.63) is 54.6 Å². The summed E-state index contributed by atoms with van der Waals surface area (Å²) in [5.74, 6) is 1.97. The summed E-state index contributed by atoms with van der Waals surface area (Å²) in [6.07, 6.45) is 3.54. The molecule has 7 heteroatoms. The van der Waals surface area contributed by atoms with E-state index in [9.17, 15) is 4.79 Å². The van der Waals surface area contributed by atoms with Gasteiger partial charge in [-0.3, -0.25) is 4.79 Å². The van der Waals surface area contributed by atoms with Crippen molar-refractivity contribution in [2.24, 2.45) is 5.92 Å². The zero-order chi connectivity index (χ0) is 22.2. The number of hydrogen-bond donors (Lipinski definition) is 1. The summed E-state index contributed by atoms with van der Waals surface area (Å²) in [5.41, 5.74) is 1.51.